The number of nitrogens with two attached hydrogens (primary N) is 1. The van der Waals surface area contributed by atoms with Crippen molar-refractivity contribution in [3.8, 4) is 0 Å². The second-order valence-electron chi connectivity index (χ2n) is 6.17. The van der Waals surface area contributed by atoms with Crippen molar-refractivity contribution in [1.82, 2.24) is 0 Å². The van der Waals surface area contributed by atoms with E-state index in [0.717, 1.165) is 12.3 Å². The van der Waals surface area contributed by atoms with Crippen molar-refractivity contribution in [2.45, 2.75) is 63.7 Å². The Kier molecular flexibility index (Phi) is 3.90. The van der Waals surface area contributed by atoms with E-state index in [0.29, 0.717) is 6.10 Å². The molecule has 104 valence electrons. The summed E-state index contributed by atoms with van der Waals surface area (Å²) >= 11 is 0. The van der Waals surface area contributed by atoms with Gasteiger partial charge in [-0.25, -0.2) is 0 Å². The molecule has 0 bridgehead atoms. The maximum absolute atomic E-state index is 6.35. The minimum atomic E-state index is 0.0678. The molecule has 0 radical (unpaired) electrons. The molecule has 2 N–H and O–H groups in total. The Morgan fingerprint density at radius 2 is 2.11 bits per heavy atom. The zero-order valence-electron chi connectivity index (χ0n) is 11.8. The Hall–Kier alpha value is -0.860. The summed E-state index contributed by atoms with van der Waals surface area (Å²) in [5.74, 6) is 0.860. The van der Waals surface area contributed by atoms with Gasteiger partial charge in [-0.3, -0.25) is 0 Å². The fourth-order valence-electron chi connectivity index (χ4n) is 3.71. The molecule has 19 heavy (non-hydrogen) atoms. The highest BCUT2D eigenvalue weighted by Crippen LogP contribution is 2.35. The molecule has 0 spiro atoms. The van der Waals surface area contributed by atoms with Crippen molar-refractivity contribution >= 4 is 0 Å². The molecule has 4 unspecified atom stereocenters. The summed E-state index contributed by atoms with van der Waals surface area (Å²) in [4.78, 5) is 0. The number of hydrogen-bond donors (Lipinski definition) is 1. The van der Waals surface area contributed by atoms with E-state index in [9.17, 15) is 0 Å². The Balaban J connectivity index is 1.63. The van der Waals surface area contributed by atoms with Gasteiger partial charge >= 0.3 is 0 Å². The Morgan fingerprint density at radius 1 is 1.26 bits per heavy atom. The summed E-state index contributed by atoms with van der Waals surface area (Å²) in [5.41, 5.74) is 9.01. The van der Waals surface area contributed by atoms with Gasteiger partial charge in [0, 0.05) is 6.42 Å². The van der Waals surface area contributed by atoms with Crippen molar-refractivity contribution in [2.75, 3.05) is 0 Å². The molecular formula is C17H25NO. The SMILES string of the molecule is CCC1CCCC(OC2Cc3ccccc3C2N)C1. The molecule has 1 fully saturated rings. The third-order valence-corrected chi connectivity index (χ3v) is 4.92. The molecule has 1 saturated carbocycles. The highest BCUT2D eigenvalue weighted by molar-refractivity contribution is 5.36. The van der Waals surface area contributed by atoms with Gasteiger partial charge in [0.2, 0.25) is 0 Å². The molecule has 0 heterocycles. The van der Waals surface area contributed by atoms with Crippen LogP contribution in [-0.2, 0) is 11.2 Å². The number of ether oxygens (including phenoxy) is 1. The molecule has 0 amide bonds. The highest BCUT2D eigenvalue weighted by atomic mass is 16.5. The predicted octanol–water partition coefficient (Wildman–Crippen LogP) is 3.60. The molecule has 2 aliphatic carbocycles. The van der Waals surface area contributed by atoms with Gasteiger partial charge in [-0.15, -0.1) is 0 Å². The second-order valence-corrected chi connectivity index (χ2v) is 6.17. The van der Waals surface area contributed by atoms with Gasteiger partial charge in [-0.05, 0) is 29.9 Å². The molecule has 2 heteroatoms. The van der Waals surface area contributed by atoms with Gasteiger partial charge in [0.05, 0.1) is 18.2 Å². The molecule has 1 aromatic rings. The Morgan fingerprint density at radius 3 is 2.89 bits per heavy atom. The zero-order valence-corrected chi connectivity index (χ0v) is 11.8. The van der Waals surface area contributed by atoms with Crippen LogP contribution in [0.4, 0.5) is 0 Å². The quantitative estimate of drug-likeness (QED) is 0.900. The lowest BCUT2D eigenvalue weighted by Crippen LogP contribution is -2.32. The van der Waals surface area contributed by atoms with Crippen LogP contribution in [0.25, 0.3) is 0 Å². The van der Waals surface area contributed by atoms with Crippen LogP contribution in [0.15, 0.2) is 24.3 Å². The molecule has 0 aromatic heterocycles. The fourth-order valence-corrected chi connectivity index (χ4v) is 3.71. The molecule has 0 aliphatic heterocycles. The van der Waals surface area contributed by atoms with Crippen molar-refractivity contribution in [3.63, 3.8) is 0 Å². The molecule has 2 nitrogen and oxygen atoms in total. The maximum Gasteiger partial charge on any atom is 0.0811 e. The summed E-state index contributed by atoms with van der Waals surface area (Å²) < 4.78 is 6.35. The first-order chi connectivity index (χ1) is 9.28. The lowest BCUT2D eigenvalue weighted by atomic mass is 9.85. The van der Waals surface area contributed by atoms with E-state index >= 15 is 0 Å². The zero-order chi connectivity index (χ0) is 13.2. The van der Waals surface area contributed by atoms with E-state index in [1.807, 2.05) is 0 Å². The normalized spacial score (nSPS) is 34.2. The van der Waals surface area contributed by atoms with Crippen LogP contribution >= 0.6 is 0 Å². The first kappa shape index (κ1) is 13.1. The van der Waals surface area contributed by atoms with E-state index in [1.54, 1.807) is 0 Å². The number of rotatable bonds is 3. The van der Waals surface area contributed by atoms with Crippen LogP contribution in [0.1, 0.15) is 56.2 Å². The molecular weight excluding hydrogens is 234 g/mol. The van der Waals surface area contributed by atoms with Gasteiger partial charge in [0.25, 0.3) is 0 Å². The summed E-state index contributed by atoms with van der Waals surface area (Å²) in [6.45, 7) is 2.30. The van der Waals surface area contributed by atoms with Gasteiger partial charge in [-0.2, -0.15) is 0 Å². The molecule has 2 aliphatic rings. The summed E-state index contributed by atoms with van der Waals surface area (Å²) in [7, 11) is 0. The lowest BCUT2D eigenvalue weighted by molar-refractivity contribution is -0.0461. The maximum atomic E-state index is 6.35. The van der Waals surface area contributed by atoms with Gasteiger partial charge in [0.15, 0.2) is 0 Å². The van der Waals surface area contributed by atoms with Crippen molar-refractivity contribution in [1.29, 1.82) is 0 Å². The number of benzene rings is 1. The van der Waals surface area contributed by atoms with Crippen LogP contribution in [0.3, 0.4) is 0 Å². The van der Waals surface area contributed by atoms with Crippen LogP contribution in [0.5, 0.6) is 0 Å². The number of hydrogen-bond acceptors (Lipinski definition) is 2. The van der Waals surface area contributed by atoms with Crippen molar-refractivity contribution < 1.29 is 4.74 Å². The van der Waals surface area contributed by atoms with E-state index in [-0.39, 0.29) is 12.1 Å². The lowest BCUT2D eigenvalue weighted by Gasteiger charge is -2.31. The van der Waals surface area contributed by atoms with Gasteiger partial charge < -0.3 is 10.5 Å². The van der Waals surface area contributed by atoms with E-state index in [4.69, 9.17) is 10.5 Å². The highest BCUT2D eigenvalue weighted by Gasteiger charge is 2.33. The standard InChI is InChI=1S/C17H25NO/c1-2-12-6-5-8-14(10-12)19-16-11-13-7-3-4-9-15(13)17(16)18/h3-4,7,9,12,14,16-17H,2,5-6,8,10-11,18H2,1H3. The summed E-state index contributed by atoms with van der Waals surface area (Å²) in [5, 5.41) is 0. The minimum absolute atomic E-state index is 0.0678. The molecule has 0 saturated heterocycles. The fraction of sp³-hybridized carbons (Fsp3) is 0.647. The van der Waals surface area contributed by atoms with Crippen LogP contribution in [0, 0.1) is 5.92 Å². The van der Waals surface area contributed by atoms with Crippen molar-refractivity contribution in [2.24, 2.45) is 11.7 Å². The number of fused-ring (bicyclic) bond motifs is 1. The first-order valence-electron chi connectivity index (χ1n) is 7.76. The smallest absolute Gasteiger partial charge is 0.0811 e. The predicted molar refractivity (Wildman–Crippen MR) is 78.0 cm³/mol. The van der Waals surface area contributed by atoms with E-state index < -0.39 is 0 Å². The molecule has 4 atom stereocenters. The third-order valence-electron chi connectivity index (χ3n) is 4.92. The van der Waals surface area contributed by atoms with Gasteiger partial charge in [0.1, 0.15) is 0 Å². The molecule has 3 rings (SSSR count). The molecule has 1 aromatic carbocycles. The van der Waals surface area contributed by atoms with Crippen LogP contribution in [0.2, 0.25) is 0 Å². The second kappa shape index (κ2) is 5.64. The summed E-state index contributed by atoms with van der Waals surface area (Å²) in [6, 6.07) is 8.59. The summed E-state index contributed by atoms with van der Waals surface area (Å²) in [6.07, 6.45) is 8.06. The van der Waals surface area contributed by atoms with E-state index in [2.05, 4.69) is 31.2 Å². The van der Waals surface area contributed by atoms with Crippen molar-refractivity contribution in [3.05, 3.63) is 35.4 Å². The minimum Gasteiger partial charge on any atom is -0.373 e. The average molecular weight is 259 g/mol. The topological polar surface area (TPSA) is 35.2 Å². The van der Waals surface area contributed by atoms with Gasteiger partial charge in [-0.1, -0.05) is 50.5 Å². The van der Waals surface area contributed by atoms with E-state index in [1.165, 1.54) is 43.2 Å². The van der Waals surface area contributed by atoms with Crippen LogP contribution < -0.4 is 5.73 Å². The Labute approximate surface area is 116 Å². The Bertz CT molecular complexity index is 431. The van der Waals surface area contributed by atoms with Crippen LogP contribution in [-0.4, -0.2) is 12.2 Å². The largest absolute Gasteiger partial charge is 0.373 e. The third kappa shape index (κ3) is 2.70. The first-order valence-corrected chi connectivity index (χ1v) is 7.76. The monoisotopic (exact) mass is 259 g/mol. The average Bonchev–Trinajstić information content (AvgIpc) is 2.76.